The zero-order valence-electron chi connectivity index (χ0n) is 13.1. The lowest BCUT2D eigenvalue weighted by Crippen LogP contribution is -2.19. The molecule has 1 atom stereocenters. The minimum atomic E-state index is 0.473. The Morgan fingerprint density at radius 2 is 0.889 bits per heavy atom. The summed E-state index contributed by atoms with van der Waals surface area (Å²) in [6.45, 7) is 4.54. The van der Waals surface area contributed by atoms with Crippen molar-refractivity contribution in [2.45, 2.75) is 110 Å². The molecule has 110 valence electrons. The molecule has 0 bridgehead atoms. The van der Waals surface area contributed by atoms with Crippen LogP contribution in [0.3, 0.4) is 0 Å². The molecule has 1 heteroatoms. The minimum Gasteiger partial charge on any atom is -0.328 e. The zero-order valence-corrected chi connectivity index (χ0v) is 13.1. The Bertz CT molecular complexity index is 145. The molecule has 0 aromatic carbocycles. The Balaban J connectivity index is 3.05. The van der Waals surface area contributed by atoms with Crippen molar-refractivity contribution in [1.82, 2.24) is 0 Å². The van der Waals surface area contributed by atoms with Gasteiger partial charge in [0.1, 0.15) is 0 Å². The van der Waals surface area contributed by atoms with Crippen molar-refractivity contribution in [2.75, 3.05) is 0 Å². The van der Waals surface area contributed by atoms with E-state index in [0.717, 1.165) is 0 Å². The molecule has 0 aromatic rings. The molecular formula is C17H37N. The van der Waals surface area contributed by atoms with Gasteiger partial charge in [0, 0.05) is 6.04 Å². The van der Waals surface area contributed by atoms with Crippen LogP contribution in [-0.2, 0) is 0 Å². The van der Waals surface area contributed by atoms with Crippen molar-refractivity contribution in [1.29, 1.82) is 0 Å². The van der Waals surface area contributed by atoms with E-state index in [1.54, 1.807) is 0 Å². The van der Waals surface area contributed by atoms with Crippen molar-refractivity contribution >= 4 is 0 Å². The summed E-state index contributed by atoms with van der Waals surface area (Å²) in [5.74, 6) is 0. The normalized spacial score (nSPS) is 12.8. The lowest BCUT2D eigenvalue weighted by Gasteiger charge is -2.10. The fraction of sp³-hybridized carbons (Fsp3) is 1.00. The summed E-state index contributed by atoms with van der Waals surface area (Å²) >= 11 is 0. The summed E-state index contributed by atoms with van der Waals surface area (Å²) in [6, 6.07) is 0.473. The Morgan fingerprint density at radius 3 is 1.39 bits per heavy atom. The van der Waals surface area contributed by atoms with Crippen molar-refractivity contribution in [3.05, 3.63) is 0 Å². The maximum Gasteiger partial charge on any atom is 0.00388 e. The molecular weight excluding hydrogens is 218 g/mol. The molecule has 0 aromatic heterocycles. The molecule has 0 saturated carbocycles. The van der Waals surface area contributed by atoms with Crippen LogP contribution in [0.5, 0.6) is 0 Å². The van der Waals surface area contributed by atoms with Gasteiger partial charge in [0.15, 0.2) is 0 Å². The molecule has 0 fully saturated rings. The van der Waals surface area contributed by atoms with Gasteiger partial charge in [0.25, 0.3) is 0 Å². The van der Waals surface area contributed by atoms with Crippen LogP contribution < -0.4 is 5.73 Å². The van der Waals surface area contributed by atoms with E-state index in [2.05, 4.69) is 13.8 Å². The SMILES string of the molecule is CCCCCCCCCCCC(N)CCCCC. The molecule has 0 radical (unpaired) electrons. The summed E-state index contributed by atoms with van der Waals surface area (Å²) in [6.07, 6.45) is 19.2. The van der Waals surface area contributed by atoms with Gasteiger partial charge in [-0.15, -0.1) is 0 Å². The maximum absolute atomic E-state index is 6.11. The molecule has 2 N–H and O–H groups in total. The second-order valence-electron chi connectivity index (χ2n) is 5.87. The first kappa shape index (κ1) is 18.0. The molecule has 0 amide bonds. The van der Waals surface area contributed by atoms with E-state index in [4.69, 9.17) is 5.73 Å². The second kappa shape index (κ2) is 15.0. The first-order valence-corrected chi connectivity index (χ1v) is 8.56. The van der Waals surface area contributed by atoms with Crippen LogP contribution in [0.15, 0.2) is 0 Å². The van der Waals surface area contributed by atoms with Crippen LogP contribution in [0.4, 0.5) is 0 Å². The first-order valence-electron chi connectivity index (χ1n) is 8.56. The third-order valence-electron chi connectivity index (χ3n) is 3.86. The summed E-state index contributed by atoms with van der Waals surface area (Å²) in [7, 11) is 0. The standard InChI is InChI=1S/C17H37N/c1-3-5-7-8-9-10-11-12-14-16-17(18)15-13-6-4-2/h17H,3-16,18H2,1-2H3. The fourth-order valence-corrected chi connectivity index (χ4v) is 2.52. The summed E-state index contributed by atoms with van der Waals surface area (Å²) < 4.78 is 0. The van der Waals surface area contributed by atoms with Gasteiger partial charge in [0.2, 0.25) is 0 Å². The highest BCUT2D eigenvalue weighted by molar-refractivity contribution is 4.61. The maximum atomic E-state index is 6.11. The molecule has 0 saturated heterocycles. The van der Waals surface area contributed by atoms with Crippen molar-refractivity contribution < 1.29 is 0 Å². The van der Waals surface area contributed by atoms with E-state index in [9.17, 15) is 0 Å². The van der Waals surface area contributed by atoms with Crippen LogP contribution in [0.2, 0.25) is 0 Å². The topological polar surface area (TPSA) is 26.0 Å². The molecule has 0 spiro atoms. The van der Waals surface area contributed by atoms with E-state index in [-0.39, 0.29) is 0 Å². The Morgan fingerprint density at radius 1 is 0.556 bits per heavy atom. The Hall–Kier alpha value is -0.0400. The molecule has 0 heterocycles. The van der Waals surface area contributed by atoms with E-state index in [1.165, 1.54) is 89.9 Å². The third kappa shape index (κ3) is 14.0. The van der Waals surface area contributed by atoms with Crippen LogP contribution >= 0.6 is 0 Å². The van der Waals surface area contributed by atoms with Gasteiger partial charge in [0.05, 0.1) is 0 Å². The number of hydrogen-bond donors (Lipinski definition) is 1. The fourth-order valence-electron chi connectivity index (χ4n) is 2.52. The van der Waals surface area contributed by atoms with Crippen LogP contribution in [-0.4, -0.2) is 6.04 Å². The van der Waals surface area contributed by atoms with Gasteiger partial charge < -0.3 is 5.73 Å². The van der Waals surface area contributed by atoms with E-state index < -0.39 is 0 Å². The summed E-state index contributed by atoms with van der Waals surface area (Å²) in [5.41, 5.74) is 6.11. The highest BCUT2D eigenvalue weighted by Gasteiger charge is 2.01. The number of rotatable bonds is 14. The predicted molar refractivity (Wildman–Crippen MR) is 84.0 cm³/mol. The molecule has 0 rings (SSSR count). The molecule has 1 unspecified atom stereocenters. The van der Waals surface area contributed by atoms with Crippen LogP contribution in [0, 0.1) is 0 Å². The zero-order chi connectivity index (χ0) is 13.5. The smallest absolute Gasteiger partial charge is 0.00388 e. The lowest BCUT2D eigenvalue weighted by molar-refractivity contribution is 0.489. The monoisotopic (exact) mass is 255 g/mol. The molecule has 0 aliphatic rings. The van der Waals surface area contributed by atoms with Gasteiger partial charge in [-0.3, -0.25) is 0 Å². The van der Waals surface area contributed by atoms with Gasteiger partial charge in [-0.05, 0) is 12.8 Å². The average molecular weight is 255 g/mol. The van der Waals surface area contributed by atoms with Gasteiger partial charge in [-0.1, -0.05) is 90.9 Å². The number of unbranched alkanes of at least 4 members (excludes halogenated alkanes) is 10. The van der Waals surface area contributed by atoms with Crippen LogP contribution in [0.25, 0.3) is 0 Å². The predicted octanol–water partition coefficient (Wildman–Crippen LogP) is 5.81. The van der Waals surface area contributed by atoms with E-state index in [1.807, 2.05) is 0 Å². The number of hydrogen-bond acceptors (Lipinski definition) is 1. The van der Waals surface area contributed by atoms with Gasteiger partial charge in [-0.25, -0.2) is 0 Å². The first-order chi connectivity index (χ1) is 8.81. The van der Waals surface area contributed by atoms with E-state index in [0.29, 0.717) is 6.04 Å². The highest BCUT2D eigenvalue weighted by atomic mass is 14.6. The highest BCUT2D eigenvalue weighted by Crippen LogP contribution is 2.12. The van der Waals surface area contributed by atoms with Gasteiger partial charge >= 0.3 is 0 Å². The third-order valence-corrected chi connectivity index (χ3v) is 3.86. The van der Waals surface area contributed by atoms with Crippen molar-refractivity contribution in [3.8, 4) is 0 Å². The molecule has 0 aliphatic heterocycles. The quantitative estimate of drug-likeness (QED) is 0.389. The van der Waals surface area contributed by atoms with E-state index >= 15 is 0 Å². The minimum absolute atomic E-state index is 0.473. The number of nitrogens with two attached hydrogens (primary N) is 1. The van der Waals surface area contributed by atoms with Gasteiger partial charge in [-0.2, -0.15) is 0 Å². The molecule has 1 nitrogen and oxygen atoms in total. The Labute approximate surface area is 116 Å². The summed E-state index contributed by atoms with van der Waals surface area (Å²) in [5, 5.41) is 0. The molecule has 0 aliphatic carbocycles. The lowest BCUT2D eigenvalue weighted by atomic mass is 10.0. The van der Waals surface area contributed by atoms with Crippen molar-refractivity contribution in [3.63, 3.8) is 0 Å². The largest absolute Gasteiger partial charge is 0.328 e. The van der Waals surface area contributed by atoms with Crippen molar-refractivity contribution in [2.24, 2.45) is 5.73 Å². The average Bonchev–Trinajstić information content (AvgIpc) is 2.37. The second-order valence-corrected chi connectivity index (χ2v) is 5.87. The summed E-state index contributed by atoms with van der Waals surface area (Å²) in [4.78, 5) is 0. The van der Waals surface area contributed by atoms with Crippen LogP contribution in [0.1, 0.15) is 104 Å². The molecule has 18 heavy (non-hydrogen) atoms. The Kier molecular flexibility index (Phi) is 15.0.